The molecular formula is C23H25F3N4O. The molecule has 3 aromatic rings. The van der Waals surface area contributed by atoms with Crippen molar-refractivity contribution >= 4 is 23.1 Å². The van der Waals surface area contributed by atoms with Crippen molar-refractivity contribution in [2.75, 3.05) is 17.2 Å². The van der Waals surface area contributed by atoms with Crippen LogP contribution >= 0.6 is 0 Å². The number of benzene rings is 2. The van der Waals surface area contributed by atoms with Gasteiger partial charge in [0.25, 0.3) is 0 Å². The van der Waals surface area contributed by atoms with Crippen LogP contribution in [0.25, 0.3) is 0 Å². The molecule has 2 N–H and O–H groups in total. The number of hydrogen-bond acceptors (Lipinski definition) is 5. The van der Waals surface area contributed by atoms with Gasteiger partial charge in [0.05, 0.1) is 6.61 Å². The van der Waals surface area contributed by atoms with E-state index in [4.69, 9.17) is 4.74 Å². The Labute approximate surface area is 179 Å². The summed E-state index contributed by atoms with van der Waals surface area (Å²) in [5, 5.41) is 5.66. The van der Waals surface area contributed by atoms with Crippen molar-refractivity contribution in [1.82, 2.24) is 9.97 Å². The van der Waals surface area contributed by atoms with Crippen LogP contribution in [0.5, 0.6) is 5.75 Å². The lowest BCUT2D eigenvalue weighted by molar-refractivity contribution is -0.137. The Kier molecular flexibility index (Phi) is 7.70. The third-order valence-electron chi connectivity index (χ3n) is 4.51. The summed E-state index contributed by atoms with van der Waals surface area (Å²) in [4.78, 5) is 7.88. The van der Waals surface area contributed by atoms with Crippen LogP contribution in [0.4, 0.5) is 36.3 Å². The minimum absolute atomic E-state index is 0.0552. The van der Waals surface area contributed by atoms with Gasteiger partial charge < -0.3 is 15.4 Å². The van der Waals surface area contributed by atoms with Crippen LogP contribution in [0.15, 0.2) is 60.8 Å². The van der Waals surface area contributed by atoms with Gasteiger partial charge in [-0.1, -0.05) is 44.4 Å². The number of ether oxygens (including phenoxy) is 1. The molecule has 0 aliphatic carbocycles. The predicted molar refractivity (Wildman–Crippen MR) is 116 cm³/mol. The number of rotatable bonds is 10. The zero-order chi connectivity index (χ0) is 22.1. The van der Waals surface area contributed by atoms with Crippen molar-refractivity contribution in [2.24, 2.45) is 0 Å². The topological polar surface area (TPSA) is 59.1 Å². The number of aromatic nitrogens is 2. The van der Waals surface area contributed by atoms with Gasteiger partial charge in [0.2, 0.25) is 5.95 Å². The summed E-state index contributed by atoms with van der Waals surface area (Å²) < 4.78 is 45.8. The molecule has 0 saturated carbocycles. The molecule has 1 heterocycles. The van der Waals surface area contributed by atoms with E-state index >= 15 is 0 Å². The third-order valence-corrected chi connectivity index (χ3v) is 4.51. The molecule has 164 valence electrons. The van der Waals surface area contributed by atoms with Crippen LogP contribution in [0.2, 0.25) is 0 Å². The average Bonchev–Trinajstić information content (AvgIpc) is 2.75. The Morgan fingerprint density at radius 1 is 0.871 bits per heavy atom. The van der Waals surface area contributed by atoms with Crippen LogP contribution in [0, 0.1) is 0 Å². The minimum atomic E-state index is -4.58. The van der Waals surface area contributed by atoms with E-state index in [1.165, 1.54) is 12.8 Å². The van der Waals surface area contributed by atoms with Gasteiger partial charge in [-0.25, -0.2) is 4.98 Å². The van der Waals surface area contributed by atoms with Gasteiger partial charge >= 0.3 is 6.18 Å². The second kappa shape index (κ2) is 10.7. The second-order valence-electron chi connectivity index (χ2n) is 7.00. The zero-order valence-electron chi connectivity index (χ0n) is 17.2. The molecule has 1 aromatic heterocycles. The van der Waals surface area contributed by atoms with E-state index in [1.54, 1.807) is 54.6 Å². The zero-order valence-corrected chi connectivity index (χ0v) is 17.2. The first-order chi connectivity index (χ1) is 15.0. The number of nitrogens with one attached hydrogen (secondary N) is 2. The molecule has 8 heteroatoms. The highest BCUT2D eigenvalue weighted by molar-refractivity contribution is 5.63. The van der Waals surface area contributed by atoms with Crippen molar-refractivity contribution in [3.05, 3.63) is 66.4 Å². The Bertz CT molecular complexity index is 947. The average molecular weight is 430 g/mol. The van der Waals surface area contributed by atoms with E-state index in [-0.39, 0.29) is 11.8 Å². The van der Waals surface area contributed by atoms with Crippen molar-refractivity contribution in [3.63, 3.8) is 0 Å². The number of nitrogens with zero attached hydrogens (tertiary/aromatic N) is 2. The molecule has 0 aliphatic heterocycles. The molecule has 0 unspecified atom stereocenters. The molecule has 0 radical (unpaired) electrons. The maximum Gasteiger partial charge on any atom is 0.421 e. The lowest BCUT2D eigenvalue weighted by atomic mass is 10.2. The SMILES string of the molecule is CCCCCCOc1ccc(Nc2ncc(C(F)(F)F)c(Nc3ccccc3)n2)cc1. The summed E-state index contributed by atoms with van der Waals surface area (Å²) in [6.45, 7) is 2.82. The summed E-state index contributed by atoms with van der Waals surface area (Å²) >= 11 is 0. The predicted octanol–water partition coefficient (Wildman–Crippen LogP) is 6.94. The highest BCUT2D eigenvalue weighted by Crippen LogP contribution is 2.35. The van der Waals surface area contributed by atoms with Crippen molar-refractivity contribution in [2.45, 2.75) is 38.8 Å². The minimum Gasteiger partial charge on any atom is -0.494 e. The van der Waals surface area contributed by atoms with Gasteiger partial charge in [0.15, 0.2) is 0 Å². The van der Waals surface area contributed by atoms with Gasteiger partial charge in [-0.2, -0.15) is 18.2 Å². The maximum atomic E-state index is 13.4. The fourth-order valence-corrected chi connectivity index (χ4v) is 2.89. The Balaban J connectivity index is 1.69. The van der Waals surface area contributed by atoms with E-state index < -0.39 is 11.7 Å². The Morgan fingerprint density at radius 3 is 2.26 bits per heavy atom. The molecule has 2 aromatic carbocycles. The molecule has 3 rings (SSSR count). The van der Waals surface area contributed by atoms with Crippen LogP contribution in [-0.4, -0.2) is 16.6 Å². The van der Waals surface area contributed by atoms with E-state index in [9.17, 15) is 13.2 Å². The van der Waals surface area contributed by atoms with Gasteiger partial charge in [0, 0.05) is 17.6 Å². The maximum absolute atomic E-state index is 13.4. The smallest absolute Gasteiger partial charge is 0.421 e. The van der Waals surface area contributed by atoms with E-state index in [0.717, 1.165) is 24.8 Å². The largest absolute Gasteiger partial charge is 0.494 e. The number of para-hydroxylation sites is 1. The first-order valence-corrected chi connectivity index (χ1v) is 10.2. The highest BCUT2D eigenvalue weighted by atomic mass is 19.4. The summed E-state index contributed by atoms with van der Waals surface area (Å²) in [5.41, 5.74) is 0.204. The summed E-state index contributed by atoms with van der Waals surface area (Å²) in [5.74, 6) is 0.477. The lowest BCUT2D eigenvalue weighted by Crippen LogP contribution is -2.12. The number of alkyl halides is 3. The van der Waals surface area contributed by atoms with Gasteiger partial charge in [-0.15, -0.1) is 0 Å². The van der Waals surface area contributed by atoms with Gasteiger partial charge in [-0.3, -0.25) is 0 Å². The standard InChI is InChI=1S/C23H25F3N4O/c1-2-3-4-8-15-31-19-13-11-18(12-14-19)29-22-27-16-20(23(24,25)26)21(30-22)28-17-9-6-5-7-10-17/h5-7,9-14,16H,2-4,8,15H2,1H3,(H2,27,28,29,30). The second-order valence-corrected chi connectivity index (χ2v) is 7.00. The first-order valence-electron chi connectivity index (χ1n) is 10.2. The molecule has 0 amide bonds. The number of halogens is 3. The molecule has 0 bridgehead atoms. The monoisotopic (exact) mass is 430 g/mol. The van der Waals surface area contributed by atoms with Gasteiger partial charge in [-0.05, 0) is 42.8 Å². The molecule has 0 atom stereocenters. The summed E-state index contributed by atoms with van der Waals surface area (Å²) in [6.07, 6.45) is 0.709. The van der Waals surface area contributed by atoms with Crippen molar-refractivity contribution in [3.8, 4) is 5.75 Å². The molecule has 0 fully saturated rings. The first kappa shape index (κ1) is 22.4. The van der Waals surface area contributed by atoms with E-state index in [1.807, 2.05) is 0 Å². The quantitative estimate of drug-likeness (QED) is 0.341. The molecular weight excluding hydrogens is 405 g/mol. The fourth-order valence-electron chi connectivity index (χ4n) is 2.89. The van der Waals surface area contributed by atoms with E-state index in [2.05, 4.69) is 27.5 Å². The molecule has 5 nitrogen and oxygen atoms in total. The summed E-state index contributed by atoms with van der Waals surface area (Å²) in [7, 11) is 0. The molecule has 0 aliphatic rings. The molecule has 31 heavy (non-hydrogen) atoms. The van der Waals surface area contributed by atoms with Crippen molar-refractivity contribution in [1.29, 1.82) is 0 Å². The van der Waals surface area contributed by atoms with Crippen LogP contribution in [0.3, 0.4) is 0 Å². The highest BCUT2D eigenvalue weighted by Gasteiger charge is 2.35. The van der Waals surface area contributed by atoms with Crippen LogP contribution in [0.1, 0.15) is 38.2 Å². The fraction of sp³-hybridized carbons (Fsp3) is 0.304. The number of unbranched alkanes of at least 4 members (excludes halogenated alkanes) is 3. The molecule has 0 spiro atoms. The normalized spacial score (nSPS) is 11.2. The Hall–Kier alpha value is -3.29. The summed E-state index contributed by atoms with van der Waals surface area (Å²) in [6, 6.07) is 15.7. The molecule has 0 saturated heterocycles. The van der Waals surface area contributed by atoms with E-state index in [0.29, 0.717) is 18.0 Å². The third kappa shape index (κ3) is 6.87. The lowest BCUT2D eigenvalue weighted by Gasteiger charge is -2.15. The van der Waals surface area contributed by atoms with Crippen molar-refractivity contribution < 1.29 is 17.9 Å². The Morgan fingerprint density at radius 2 is 1.58 bits per heavy atom. The van der Waals surface area contributed by atoms with Gasteiger partial charge in [0.1, 0.15) is 17.1 Å². The van der Waals surface area contributed by atoms with Crippen LogP contribution < -0.4 is 15.4 Å². The number of anilines is 4. The van der Waals surface area contributed by atoms with Crippen LogP contribution in [-0.2, 0) is 6.18 Å². The number of hydrogen-bond donors (Lipinski definition) is 2.